The van der Waals surface area contributed by atoms with Crippen molar-refractivity contribution in [2.75, 3.05) is 17.5 Å². The van der Waals surface area contributed by atoms with Crippen LogP contribution in [0.5, 0.6) is 11.5 Å². The molecule has 16 heteroatoms. The summed E-state index contributed by atoms with van der Waals surface area (Å²) in [6.07, 6.45) is -5.19. The van der Waals surface area contributed by atoms with Gasteiger partial charge in [-0.1, -0.05) is 23.2 Å². The molecule has 1 atom stereocenters. The van der Waals surface area contributed by atoms with Crippen molar-refractivity contribution >= 4 is 50.7 Å². The van der Waals surface area contributed by atoms with E-state index in [1.54, 1.807) is 18.2 Å². The minimum atomic E-state index is -5.09. The number of benzene rings is 2. The van der Waals surface area contributed by atoms with E-state index in [2.05, 4.69) is 10.6 Å². The standard InChI is InChI=1S/C29H26Cl2F3N3O7S/c1-15-7-18(4-5-19(15)31)42-11-24(38)35-27-12-28(13-27,14-27)36-26(39)22-10-37(20-9-17(30)3-6-21(20)44-22)45(40,41)23-8-16(2)43-25(23)29(32,33)34/h3-9,22H,10-14H2,1-2H3,(H,35,38)(H,36,39). The van der Waals surface area contributed by atoms with Gasteiger partial charge in [-0.25, -0.2) is 8.42 Å². The van der Waals surface area contributed by atoms with E-state index in [0.717, 1.165) is 11.6 Å². The molecule has 10 nitrogen and oxygen atoms in total. The zero-order chi connectivity index (χ0) is 32.5. The minimum absolute atomic E-state index is 0.0552. The maximum absolute atomic E-state index is 13.7. The number of furan rings is 1. The van der Waals surface area contributed by atoms with Crippen LogP contribution in [-0.2, 0) is 25.8 Å². The number of rotatable bonds is 8. The molecule has 2 bridgehead atoms. The fourth-order valence-electron chi connectivity index (χ4n) is 6.17. The zero-order valence-electron chi connectivity index (χ0n) is 23.8. The highest BCUT2D eigenvalue weighted by Crippen LogP contribution is 2.60. The molecule has 2 heterocycles. The predicted molar refractivity (Wildman–Crippen MR) is 156 cm³/mol. The number of fused-ring (bicyclic) bond motifs is 1. The number of carbonyl (C=O) groups excluding carboxylic acids is 2. The van der Waals surface area contributed by atoms with Gasteiger partial charge in [-0.05, 0) is 75.1 Å². The Bertz CT molecular complexity index is 1810. The van der Waals surface area contributed by atoms with E-state index in [-0.39, 0.29) is 34.7 Å². The van der Waals surface area contributed by atoms with Gasteiger partial charge in [0.1, 0.15) is 22.2 Å². The second-order valence-electron chi connectivity index (χ2n) is 11.6. The molecule has 2 aromatic carbocycles. The summed E-state index contributed by atoms with van der Waals surface area (Å²) in [6.45, 7) is 2.18. The molecular formula is C29H26Cl2F3N3O7S. The fraction of sp³-hybridized carbons (Fsp3) is 0.379. The number of carbonyl (C=O) groups is 2. The number of alkyl halides is 3. The van der Waals surface area contributed by atoms with Crippen LogP contribution < -0.4 is 24.4 Å². The third kappa shape index (κ3) is 5.79. The lowest BCUT2D eigenvalue weighted by molar-refractivity contribution is -0.156. The van der Waals surface area contributed by atoms with Crippen LogP contribution in [0, 0.1) is 13.8 Å². The van der Waals surface area contributed by atoms with Crippen LogP contribution in [0.15, 0.2) is 51.8 Å². The van der Waals surface area contributed by atoms with Crippen LogP contribution in [0.4, 0.5) is 18.9 Å². The van der Waals surface area contributed by atoms with E-state index in [1.165, 1.54) is 25.1 Å². The lowest BCUT2D eigenvalue weighted by Crippen LogP contribution is -2.84. The van der Waals surface area contributed by atoms with Crippen molar-refractivity contribution in [3.63, 3.8) is 0 Å². The Morgan fingerprint density at radius 2 is 1.73 bits per heavy atom. The number of nitrogens with zero attached hydrogens (tertiary/aromatic N) is 1. The van der Waals surface area contributed by atoms with Crippen LogP contribution >= 0.6 is 23.2 Å². The fourth-order valence-corrected chi connectivity index (χ4v) is 8.13. The summed E-state index contributed by atoms with van der Waals surface area (Å²) in [5.74, 6) is -2.48. The first-order valence-corrected chi connectivity index (χ1v) is 15.9. The van der Waals surface area contributed by atoms with E-state index >= 15 is 0 Å². The number of nitrogens with one attached hydrogen (secondary N) is 2. The molecule has 240 valence electrons. The lowest BCUT2D eigenvalue weighted by Gasteiger charge is -2.70. The van der Waals surface area contributed by atoms with Gasteiger partial charge < -0.3 is 24.5 Å². The second kappa shape index (κ2) is 10.7. The van der Waals surface area contributed by atoms with Gasteiger partial charge in [0.25, 0.3) is 21.8 Å². The predicted octanol–water partition coefficient (Wildman–Crippen LogP) is 5.16. The number of hydrogen-bond donors (Lipinski definition) is 2. The zero-order valence-corrected chi connectivity index (χ0v) is 26.1. The number of anilines is 1. The van der Waals surface area contributed by atoms with Crippen LogP contribution in [0.25, 0.3) is 0 Å². The first-order chi connectivity index (χ1) is 21.0. The summed E-state index contributed by atoms with van der Waals surface area (Å²) < 4.78 is 85.2. The molecule has 2 N–H and O–H groups in total. The summed E-state index contributed by atoms with van der Waals surface area (Å²) in [7, 11) is -4.90. The van der Waals surface area contributed by atoms with Gasteiger partial charge in [0.15, 0.2) is 12.7 Å². The second-order valence-corrected chi connectivity index (χ2v) is 14.3. The van der Waals surface area contributed by atoms with Crippen molar-refractivity contribution in [3.8, 4) is 11.5 Å². The van der Waals surface area contributed by atoms with E-state index in [1.807, 2.05) is 6.92 Å². The molecule has 1 unspecified atom stereocenters. The molecule has 0 radical (unpaired) electrons. The molecule has 3 saturated carbocycles. The smallest absolute Gasteiger partial charge is 0.450 e. The lowest BCUT2D eigenvalue weighted by atomic mass is 9.44. The van der Waals surface area contributed by atoms with E-state index < -0.39 is 56.5 Å². The number of amides is 2. The van der Waals surface area contributed by atoms with Crippen LogP contribution in [0.3, 0.4) is 0 Å². The summed E-state index contributed by atoms with van der Waals surface area (Å²) in [5.41, 5.74) is -0.467. The van der Waals surface area contributed by atoms with Gasteiger partial charge in [0.2, 0.25) is 5.76 Å². The van der Waals surface area contributed by atoms with Gasteiger partial charge in [0.05, 0.1) is 12.2 Å². The van der Waals surface area contributed by atoms with Gasteiger partial charge in [-0.15, -0.1) is 0 Å². The van der Waals surface area contributed by atoms with Crippen LogP contribution in [-0.4, -0.2) is 50.6 Å². The molecule has 1 aliphatic heterocycles. The minimum Gasteiger partial charge on any atom is -0.484 e. The third-order valence-electron chi connectivity index (χ3n) is 8.05. The van der Waals surface area contributed by atoms with Crippen molar-refractivity contribution < 1.29 is 45.1 Å². The average molecular weight is 689 g/mol. The van der Waals surface area contributed by atoms with Crippen molar-refractivity contribution in [2.45, 2.75) is 61.4 Å². The number of aryl methyl sites for hydroxylation is 2. The molecule has 3 aliphatic carbocycles. The van der Waals surface area contributed by atoms with Gasteiger partial charge in [-0.3, -0.25) is 13.9 Å². The monoisotopic (exact) mass is 687 g/mol. The molecule has 4 aliphatic rings. The van der Waals surface area contributed by atoms with Crippen molar-refractivity contribution in [1.82, 2.24) is 10.6 Å². The van der Waals surface area contributed by atoms with Gasteiger partial charge in [0, 0.05) is 27.2 Å². The number of halogens is 5. The highest BCUT2D eigenvalue weighted by molar-refractivity contribution is 7.93. The van der Waals surface area contributed by atoms with E-state index in [9.17, 15) is 31.2 Å². The summed E-state index contributed by atoms with van der Waals surface area (Å²) >= 11 is 12.1. The molecule has 45 heavy (non-hydrogen) atoms. The highest BCUT2D eigenvalue weighted by atomic mass is 35.5. The summed E-state index contributed by atoms with van der Waals surface area (Å²) in [4.78, 5) is 24.8. The van der Waals surface area contributed by atoms with Gasteiger partial charge >= 0.3 is 6.18 Å². The first-order valence-electron chi connectivity index (χ1n) is 13.7. The number of sulfonamides is 1. The Kier molecular flexibility index (Phi) is 7.48. The Morgan fingerprint density at radius 1 is 1.04 bits per heavy atom. The van der Waals surface area contributed by atoms with Gasteiger partial charge in [-0.2, -0.15) is 13.2 Å². The Labute approximate surface area is 265 Å². The highest BCUT2D eigenvalue weighted by Gasteiger charge is 2.69. The first kappa shape index (κ1) is 31.4. The normalized spacial score (nSPS) is 23.6. The molecule has 0 spiro atoms. The van der Waals surface area contributed by atoms with Crippen molar-refractivity contribution in [1.29, 1.82) is 0 Å². The Hall–Kier alpha value is -3.62. The maximum Gasteiger partial charge on any atom is 0.450 e. The molecular weight excluding hydrogens is 662 g/mol. The Balaban J connectivity index is 1.12. The number of hydrogen-bond acceptors (Lipinski definition) is 7. The average Bonchev–Trinajstić information content (AvgIpc) is 3.34. The molecule has 2 amide bonds. The molecule has 0 saturated heterocycles. The molecule has 7 rings (SSSR count). The molecule has 3 aromatic rings. The quantitative estimate of drug-likeness (QED) is 0.335. The Morgan fingerprint density at radius 3 is 2.40 bits per heavy atom. The summed E-state index contributed by atoms with van der Waals surface area (Å²) in [5, 5.41) is 6.51. The topological polar surface area (TPSA) is 127 Å². The van der Waals surface area contributed by atoms with Crippen LogP contribution in [0.2, 0.25) is 10.0 Å². The largest absolute Gasteiger partial charge is 0.484 e. The third-order valence-corrected chi connectivity index (χ3v) is 10.5. The molecule has 3 fully saturated rings. The maximum atomic E-state index is 13.7. The van der Waals surface area contributed by atoms with Crippen molar-refractivity contribution in [3.05, 3.63) is 69.6 Å². The van der Waals surface area contributed by atoms with E-state index in [0.29, 0.717) is 34.3 Å². The summed E-state index contributed by atoms with van der Waals surface area (Å²) in [6, 6.07) is 9.81. The SMILES string of the molecule is Cc1cc(S(=O)(=O)N2CC(C(=O)NC34CC(NC(=O)COc5ccc(Cl)c(C)c5)(C3)C4)Oc3ccc(Cl)cc32)c(C(F)(F)F)o1. The van der Waals surface area contributed by atoms with Crippen LogP contribution in [0.1, 0.15) is 36.3 Å². The molecule has 1 aromatic heterocycles. The number of ether oxygens (including phenoxy) is 2. The van der Waals surface area contributed by atoms with E-state index in [4.69, 9.17) is 37.1 Å². The van der Waals surface area contributed by atoms with Crippen molar-refractivity contribution in [2.24, 2.45) is 0 Å².